The van der Waals surface area contributed by atoms with Gasteiger partial charge < -0.3 is 10.8 Å². The molecule has 0 aromatic heterocycles. The Morgan fingerprint density at radius 3 is 2.64 bits per heavy atom. The van der Waals surface area contributed by atoms with E-state index in [-0.39, 0.29) is 6.04 Å². The second-order valence-corrected chi connectivity index (χ2v) is 4.17. The number of hydrogen-bond donors (Lipinski definition) is 2. The van der Waals surface area contributed by atoms with E-state index in [2.05, 4.69) is 0 Å². The summed E-state index contributed by atoms with van der Waals surface area (Å²) in [6, 6.07) is 7.43. The standard InChI is InChI=1S/C12H17NO/c13-12(9-4-1-2-5-9)10-6-3-7-11(14)8-10/h3,6-9,12,14H,1-2,4-5,13H2/t12-/m1/s1. The van der Waals surface area contributed by atoms with Crippen molar-refractivity contribution >= 4 is 0 Å². The molecule has 1 aliphatic carbocycles. The van der Waals surface area contributed by atoms with Crippen LogP contribution in [0.5, 0.6) is 5.75 Å². The molecule has 0 saturated heterocycles. The minimum absolute atomic E-state index is 0.101. The summed E-state index contributed by atoms with van der Waals surface area (Å²) in [5.41, 5.74) is 7.22. The molecule has 0 spiro atoms. The minimum Gasteiger partial charge on any atom is -0.508 e. The van der Waals surface area contributed by atoms with Gasteiger partial charge in [-0.2, -0.15) is 0 Å². The lowest BCUT2D eigenvalue weighted by Crippen LogP contribution is -2.18. The lowest BCUT2D eigenvalue weighted by Gasteiger charge is -2.19. The molecule has 0 heterocycles. The fourth-order valence-corrected chi connectivity index (χ4v) is 2.32. The number of nitrogens with two attached hydrogens (primary N) is 1. The Balaban J connectivity index is 2.13. The highest BCUT2D eigenvalue weighted by Crippen LogP contribution is 2.34. The SMILES string of the molecule is N[C@@H](c1cccc(O)c1)C1CCCC1. The van der Waals surface area contributed by atoms with Gasteiger partial charge in [0, 0.05) is 6.04 Å². The van der Waals surface area contributed by atoms with Gasteiger partial charge in [0.25, 0.3) is 0 Å². The van der Waals surface area contributed by atoms with Crippen molar-refractivity contribution in [3.05, 3.63) is 29.8 Å². The normalized spacial score (nSPS) is 19.8. The van der Waals surface area contributed by atoms with Gasteiger partial charge in [0.1, 0.15) is 5.75 Å². The molecular formula is C12H17NO. The van der Waals surface area contributed by atoms with Gasteiger partial charge in [0.15, 0.2) is 0 Å². The molecule has 0 radical (unpaired) electrons. The topological polar surface area (TPSA) is 46.2 Å². The summed E-state index contributed by atoms with van der Waals surface area (Å²) in [5, 5.41) is 9.35. The van der Waals surface area contributed by atoms with Crippen molar-refractivity contribution in [2.75, 3.05) is 0 Å². The van der Waals surface area contributed by atoms with Crippen LogP contribution in [-0.4, -0.2) is 5.11 Å². The number of rotatable bonds is 2. The molecule has 1 saturated carbocycles. The lowest BCUT2D eigenvalue weighted by molar-refractivity contribution is 0.438. The second kappa shape index (κ2) is 4.01. The first-order chi connectivity index (χ1) is 6.77. The molecule has 1 atom stereocenters. The smallest absolute Gasteiger partial charge is 0.115 e. The highest BCUT2D eigenvalue weighted by atomic mass is 16.3. The van der Waals surface area contributed by atoms with Crippen molar-refractivity contribution in [1.82, 2.24) is 0 Å². The maximum atomic E-state index is 9.35. The fourth-order valence-electron chi connectivity index (χ4n) is 2.32. The second-order valence-electron chi connectivity index (χ2n) is 4.17. The minimum atomic E-state index is 0.101. The first-order valence-corrected chi connectivity index (χ1v) is 5.32. The third kappa shape index (κ3) is 1.90. The summed E-state index contributed by atoms with van der Waals surface area (Å²) in [5.74, 6) is 0.924. The predicted octanol–water partition coefficient (Wildman–Crippen LogP) is 2.58. The summed E-state index contributed by atoms with van der Waals surface area (Å²) in [6.45, 7) is 0. The van der Waals surface area contributed by atoms with Crippen LogP contribution in [0.4, 0.5) is 0 Å². The predicted molar refractivity (Wildman–Crippen MR) is 57.0 cm³/mol. The lowest BCUT2D eigenvalue weighted by atomic mass is 9.92. The molecule has 1 aromatic carbocycles. The van der Waals surface area contributed by atoms with E-state index in [1.165, 1.54) is 25.7 Å². The molecule has 2 nitrogen and oxygen atoms in total. The first-order valence-electron chi connectivity index (χ1n) is 5.32. The molecule has 14 heavy (non-hydrogen) atoms. The Hall–Kier alpha value is -1.02. The van der Waals surface area contributed by atoms with Gasteiger partial charge in [-0.1, -0.05) is 25.0 Å². The zero-order chi connectivity index (χ0) is 9.97. The van der Waals surface area contributed by atoms with Crippen LogP contribution in [0.2, 0.25) is 0 Å². The van der Waals surface area contributed by atoms with Crippen LogP contribution in [0.1, 0.15) is 37.3 Å². The summed E-state index contributed by atoms with van der Waals surface area (Å²) in [7, 11) is 0. The van der Waals surface area contributed by atoms with E-state index < -0.39 is 0 Å². The Bertz CT molecular complexity index is 305. The molecule has 0 amide bonds. The van der Waals surface area contributed by atoms with Crippen molar-refractivity contribution in [2.24, 2.45) is 11.7 Å². The zero-order valence-corrected chi connectivity index (χ0v) is 8.32. The maximum Gasteiger partial charge on any atom is 0.115 e. The Kier molecular flexibility index (Phi) is 2.73. The van der Waals surface area contributed by atoms with Crippen LogP contribution in [0.15, 0.2) is 24.3 Å². The van der Waals surface area contributed by atoms with Crippen LogP contribution >= 0.6 is 0 Å². The Morgan fingerprint density at radius 1 is 1.29 bits per heavy atom. The van der Waals surface area contributed by atoms with E-state index in [4.69, 9.17) is 5.73 Å². The number of phenols is 1. The number of benzene rings is 1. The Morgan fingerprint density at radius 2 is 2.00 bits per heavy atom. The largest absolute Gasteiger partial charge is 0.508 e. The van der Waals surface area contributed by atoms with Gasteiger partial charge in [0.05, 0.1) is 0 Å². The van der Waals surface area contributed by atoms with Crippen molar-refractivity contribution in [1.29, 1.82) is 0 Å². The van der Waals surface area contributed by atoms with Crippen LogP contribution in [0.3, 0.4) is 0 Å². The number of aromatic hydroxyl groups is 1. The van der Waals surface area contributed by atoms with Gasteiger partial charge in [-0.15, -0.1) is 0 Å². The molecule has 1 aliphatic rings. The average molecular weight is 191 g/mol. The molecule has 3 N–H and O–H groups in total. The van der Waals surface area contributed by atoms with Crippen molar-refractivity contribution in [3.8, 4) is 5.75 Å². The van der Waals surface area contributed by atoms with Gasteiger partial charge in [-0.05, 0) is 36.5 Å². The van der Waals surface area contributed by atoms with E-state index in [1.807, 2.05) is 12.1 Å². The van der Waals surface area contributed by atoms with Crippen molar-refractivity contribution in [3.63, 3.8) is 0 Å². The van der Waals surface area contributed by atoms with Crippen LogP contribution in [0, 0.1) is 5.92 Å². The maximum absolute atomic E-state index is 9.35. The monoisotopic (exact) mass is 191 g/mol. The van der Waals surface area contributed by atoms with E-state index >= 15 is 0 Å². The summed E-state index contributed by atoms with van der Waals surface area (Å²) < 4.78 is 0. The molecule has 0 bridgehead atoms. The molecule has 0 aliphatic heterocycles. The summed E-state index contributed by atoms with van der Waals surface area (Å²) >= 11 is 0. The molecule has 1 aromatic rings. The average Bonchev–Trinajstić information content (AvgIpc) is 2.69. The zero-order valence-electron chi connectivity index (χ0n) is 8.32. The van der Waals surface area contributed by atoms with E-state index in [0.29, 0.717) is 11.7 Å². The quantitative estimate of drug-likeness (QED) is 0.754. The Labute approximate surface area is 84.7 Å². The molecule has 2 heteroatoms. The molecule has 0 unspecified atom stereocenters. The van der Waals surface area contributed by atoms with Crippen LogP contribution < -0.4 is 5.73 Å². The first kappa shape index (κ1) is 9.53. The van der Waals surface area contributed by atoms with Crippen LogP contribution in [-0.2, 0) is 0 Å². The highest BCUT2D eigenvalue weighted by molar-refractivity contribution is 5.29. The highest BCUT2D eigenvalue weighted by Gasteiger charge is 2.23. The third-order valence-electron chi connectivity index (χ3n) is 3.16. The molecular weight excluding hydrogens is 174 g/mol. The molecule has 1 fully saturated rings. The van der Waals surface area contributed by atoms with Gasteiger partial charge in [-0.25, -0.2) is 0 Å². The van der Waals surface area contributed by atoms with E-state index in [9.17, 15) is 5.11 Å². The fraction of sp³-hybridized carbons (Fsp3) is 0.500. The van der Waals surface area contributed by atoms with Crippen molar-refractivity contribution in [2.45, 2.75) is 31.7 Å². The van der Waals surface area contributed by atoms with Gasteiger partial charge >= 0.3 is 0 Å². The van der Waals surface area contributed by atoms with E-state index in [1.54, 1.807) is 12.1 Å². The number of phenolic OH excluding ortho intramolecular Hbond substituents is 1. The summed E-state index contributed by atoms with van der Waals surface area (Å²) in [4.78, 5) is 0. The van der Waals surface area contributed by atoms with Crippen LogP contribution in [0.25, 0.3) is 0 Å². The van der Waals surface area contributed by atoms with Crippen molar-refractivity contribution < 1.29 is 5.11 Å². The summed E-state index contributed by atoms with van der Waals surface area (Å²) in [6.07, 6.45) is 5.07. The van der Waals surface area contributed by atoms with E-state index in [0.717, 1.165) is 5.56 Å². The molecule has 76 valence electrons. The number of hydrogen-bond acceptors (Lipinski definition) is 2. The molecule has 2 rings (SSSR count). The van der Waals surface area contributed by atoms with Gasteiger partial charge in [0.2, 0.25) is 0 Å². The third-order valence-corrected chi connectivity index (χ3v) is 3.16. The van der Waals surface area contributed by atoms with Gasteiger partial charge in [-0.3, -0.25) is 0 Å².